The van der Waals surface area contributed by atoms with Crippen LogP contribution in [0.25, 0.3) is 11.4 Å². The van der Waals surface area contributed by atoms with Gasteiger partial charge >= 0.3 is 6.09 Å². The van der Waals surface area contributed by atoms with E-state index in [2.05, 4.69) is 33.2 Å². The van der Waals surface area contributed by atoms with Gasteiger partial charge < -0.3 is 10.5 Å². The zero-order valence-electron chi connectivity index (χ0n) is 19.0. The van der Waals surface area contributed by atoms with Crippen molar-refractivity contribution in [2.75, 3.05) is 5.73 Å². The van der Waals surface area contributed by atoms with Gasteiger partial charge in [-0.2, -0.15) is 0 Å². The number of benzene rings is 1. The standard InChI is InChI=1S/C26H29N5O2/c1-26(2)22(18-7-4-3-5-8-18)31(25(32)33-26)20-11-9-17(10-12-20)19-15-21(23(27)30-16-19)24-28-13-6-14-29-24/h3-8,13-17,20,22H,9-12H2,1-2H3,(H2,27,30)/t17-,20+,22-/m0/s1. The largest absolute Gasteiger partial charge is 0.441 e. The van der Waals surface area contributed by atoms with Gasteiger partial charge in [0.25, 0.3) is 0 Å². The first-order valence-electron chi connectivity index (χ1n) is 11.5. The van der Waals surface area contributed by atoms with Crippen molar-refractivity contribution in [1.82, 2.24) is 19.9 Å². The second-order valence-corrected chi connectivity index (χ2v) is 9.47. The van der Waals surface area contributed by atoms with Gasteiger partial charge in [-0.15, -0.1) is 0 Å². The highest BCUT2D eigenvalue weighted by Gasteiger charge is 2.51. The Bertz CT molecular complexity index is 1130. The summed E-state index contributed by atoms with van der Waals surface area (Å²) in [6.45, 7) is 4.00. The maximum absolute atomic E-state index is 12.9. The molecule has 1 atom stereocenters. The molecule has 5 rings (SSSR count). The van der Waals surface area contributed by atoms with Gasteiger partial charge in [-0.05, 0) is 68.7 Å². The molecule has 1 aliphatic heterocycles. The van der Waals surface area contributed by atoms with Gasteiger partial charge in [0.05, 0.1) is 11.6 Å². The summed E-state index contributed by atoms with van der Waals surface area (Å²) >= 11 is 0. The number of cyclic esters (lactones) is 1. The smallest absolute Gasteiger partial charge is 0.411 e. The zero-order chi connectivity index (χ0) is 23.0. The fourth-order valence-electron chi connectivity index (χ4n) is 5.35. The predicted molar refractivity (Wildman–Crippen MR) is 126 cm³/mol. The molecular weight excluding hydrogens is 414 g/mol. The molecule has 170 valence electrons. The van der Waals surface area contributed by atoms with Crippen molar-refractivity contribution < 1.29 is 9.53 Å². The van der Waals surface area contributed by atoms with Gasteiger partial charge in [-0.25, -0.2) is 19.7 Å². The highest BCUT2D eigenvalue weighted by Crippen LogP contribution is 2.46. The molecule has 0 radical (unpaired) electrons. The van der Waals surface area contributed by atoms with Crippen molar-refractivity contribution >= 4 is 11.9 Å². The van der Waals surface area contributed by atoms with Gasteiger partial charge in [0.2, 0.25) is 0 Å². The number of aromatic nitrogens is 3. The first kappa shape index (κ1) is 21.4. The third kappa shape index (κ3) is 4.03. The van der Waals surface area contributed by atoms with Crippen LogP contribution >= 0.6 is 0 Å². The summed E-state index contributed by atoms with van der Waals surface area (Å²) in [5.41, 5.74) is 8.58. The highest BCUT2D eigenvalue weighted by atomic mass is 16.6. The Morgan fingerprint density at radius 3 is 2.36 bits per heavy atom. The van der Waals surface area contributed by atoms with Crippen molar-refractivity contribution in [3.63, 3.8) is 0 Å². The number of nitrogens with two attached hydrogens (primary N) is 1. The quantitative estimate of drug-likeness (QED) is 0.601. The fourth-order valence-corrected chi connectivity index (χ4v) is 5.35. The van der Waals surface area contributed by atoms with Crippen LogP contribution in [0.1, 0.15) is 62.6 Å². The number of amides is 1. The number of anilines is 1. The minimum Gasteiger partial charge on any atom is -0.441 e. The zero-order valence-corrected chi connectivity index (χ0v) is 19.0. The van der Waals surface area contributed by atoms with Crippen molar-refractivity contribution in [3.05, 3.63) is 72.2 Å². The van der Waals surface area contributed by atoms with Gasteiger partial charge in [0.15, 0.2) is 5.82 Å². The maximum atomic E-state index is 12.9. The minimum atomic E-state index is -0.569. The van der Waals surface area contributed by atoms with Crippen LogP contribution in [0.15, 0.2) is 61.1 Å². The predicted octanol–water partition coefficient (Wildman–Crippen LogP) is 5.12. The van der Waals surface area contributed by atoms with E-state index in [0.717, 1.165) is 42.4 Å². The van der Waals surface area contributed by atoms with Crippen molar-refractivity contribution in [1.29, 1.82) is 0 Å². The van der Waals surface area contributed by atoms with E-state index in [1.165, 1.54) is 0 Å². The molecule has 0 unspecified atom stereocenters. The molecule has 1 aromatic carbocycles. The van der Waals surface area contributed by atoms with Crippen LogP contribution < -0.4 is 5.73 Å². The third-order valence-corrected chi connectivity index (χ3v) is 6.92. The van der Waals surface area contributed by atoms with E-state index >= 15 is 0 Å². The molecule has 1 saturated heterocycles. The molecule has 2 aliphatic rings. The average Bonchev–Trinajstić information content (AvgIpc) is 3.08. The highest BCUT2D eigenvalue weighted by molar-refractivity contribution is 5.72. The Labute approximate surface area is 194 Å². The van der Waals surface area contributed by atoms with E-state index in [4.69, 9.17) is 10.5 Å². The number of carbonyl (C=O) groups is 1. The van der Waals surface area contributed by atoms with E-state index in [1.54, 1.807) is 18.5 Å². The SMILES string of the molecule is CC1(C)OC(=O)N([C@H]2CC[C@@H](c3cnc(N)c(-c4ncccn4)c3)CC2)[C@H]1c1ccccc1. The van der Waals surface area contributed by atoms with Crippen LogP contribution in [0.3, 0.4) is 0 Å². The number of hydrogen-bond donors (Lipinski definition) is 1. The normalized spacial score (nSPS) is 24.5. The molecule has 2 aromatic heterocycles. The first-order valence-corrected chi connectivity index (χ1v) is 11.5. The maximum Gasteiger partial charge on any atom is 0.411 e. The van der Waals surface area contributed by atoms with Crippen molar-refractivity contribution in [2.45, 2.75) is 63.1 Å². The van der Waals surface area contributed by atoms with Crippen LogP contribution in [0.2, 0.25) is 0 Å². The molecule has 1 saturated carbocycles. The number of nitrogen functional groups attached to an aromatic ring is 1. The summed E-state index contributed by atoms with van der Waals surface area (Å²) in [4.78, 5) is 28.0. The monoisotopic (exact) mass is 443 g/mol. The van der Waals surface area contributed by atoms with E-state index in [1.807, 2.05) is 43.1 Å². The lowest BCUT2D eigenvalue weighted by atomic mass is 9.80. The summed E-state index contributed by atoms with van der Waals surface area (Å²) in [7, 11) is 0. The summed E-state index contributed by atoms with van der Waals surface area (Å²) in [5, 5.41) is 0. The fraction of sp³-hybridized carbons (Fsp3) is 0.385. The Morgan fingerprint density at radius 1 is 0.970 bits per heavy atom. The van der Waals surface area contributed by atoms with Gasteiger partial charge in [-0.1, -0.05) is 30.3 Å². The van der Waals surface area contributed by atoms with Crippen LogP contribution in [0.5, 0.6) is 0 Å². The number of ether oxygens (including phenoxy) is 1. The summed E-state index contributed by atoms with van der Waals surface area (Å²) in [5.74, 6) is 1.38. The Kier molecular flexibility index (Phi) is 5.48. The van der Waals surface area contributed by atoms with Gasteiger partial charge in [-0.3, -0.25) is 4.90 Å². The third-order valence-electron chi connectivity index (χ3n) is 6.92. The molecule has 2 fully saturated rings. The lowest BCUT2D eigenvalue weighted by molar-refractivity contribution is 0.0664. The number of nitrogens with zero attached hydrogens (tertiary/aromatic N) is 4. The average molecular weight is 444 g/mol. The molecule has 1 amide bonds. The number of carbonyl (C=O) groups excluding carboxylic acids is 1. The summed E-state index contributed by atoms with van der Waals surface area (Å²) in [6, 6.07) is 14.1. The molecule has 0 spiro atoms. The van der Waals surface area contributed by atoms with E-state index in [-0.39, 0.29) is 18.2 Å². The molecule has 3 heterocycles. The lowest BCUT2D eigenvalue weighted by Crippen LogP contribution is -2.42. The molecule has 3 aromatic rings. The Hall–Kier alpha value is -3.48. The molecule has 7 heteroatoms. The van der Waals surface area contributed by atoms with Crippen LogP contribution in [-0.4, -0.2) is 37.6 Å². The number of pyridine rings is 1. The number of hydrogen-bond acceptors (Lipinski definition) is 6. The van der Waals surface area contributed by atoms with Gasteiger partial charge in [0, 0.05) is 24.6 Å². The summed E-state index contributed by atoms with van der Waals surface area (Å²) in [6.07, 6.45) is 8.84. The molecule has 1 aliphatic carbocycles. The molecule has 7 nitrogen and oxygen atoms in total. The van der Waals surface area contributed by atoms with Crippen LogP contribution in [0.4, 0.5) is 10.6 Å². The lowest BCUT2D eigenvalue weighted by Gasteiger charge is -2.38. The molecule has 2 N–H and O–H groups in total. The van der Waals surface area contributed by atoms with Crippen LogP contribution in [-0.2, 0) is 4.74 Å². The second kappa shape index (κ2) is 8.46. The van der Waals surface area contributed by atoms with Crippen LogP contribution in [0, 0.1) is 0 Å². The Balaban J connectivity index is 1.35. The van der Waals surface area contributed by atoms with E-state index in [0.29, 0.717) is 17.6 Å². The molecule has 0 bridgehead atoms. The molecular formula is C26H29N5O2. The number of rotatable bonds is 4. The van der Waals surface area contributed by atoms with Gasteiger partial charge in [0.1, 0.15) is 11.4 Å². The molecule has 33 heavy (non-hydrogen) atoms. The second-order valence-electron chi connectivity index (χ2n) is 9.47. The topological polar surface area (TPSA) is 94.2 Å². The minimum absolute atomic E-state index is 0.0900. The van der Waals surface area contributed by atoms with Crippen molar-refractivity contribution in [3.8, 4) is 11.4 Å². The Morgan fingerprint density at radius 2 is 1.67 bits per heavy atom. The van der Waals surface area contributed by atoms with E-state index in [9.17, 15) is 4.79 Å². The van der Waals surface area contributed by atoms with Crippen molar-refractivity contribution in [2.24, 2.45) is 0 Å². The summed E-state index contributed by atoms with van der Waals surface area (Å²) < 4.78 is 5.82. The van der Waals surface area contributed by atoms with E-state index < -0.39 is 5.60 Å². The first-order chi connectivity index (χ1) is 15.9.